The summed E-state index contributed by atoms with van der Waals surface area (Å²) >= 11 is 0. The van der Waals surface area contributed by atoms with E-state index in [9.17, 15) is 0 Å². The molecule has 2 heteroatoms. The van der Waals surface area contributed by atoms with E-state index in [1.807, 2.05) is 6.07 Å². The van der Waals surface area contributed by atoms with Gasteiger partial charge in [0.15, 0.2) is 0 Å². The highest BCUT2D eigenvalue weighted by molar-refractivity contribution is 5.17. The van der Waals surface area contributed by atoms with E-state index < -0.39 is 0 Å². The smallest absolute Gasteiger partial charge is 0.131 e. The minimum Gasteiger partial charge on any atom is -0.371 e. The first-order valence-corrected chi connectivity index (χ1v) is 4.91. The molecule has 1 atom stereocenters. The molecule has 0 saturated carbocycles. The van der Waals surface area contributed by atoms with Crippen molar-refractivity contribution in [2.45, 2.75) is 6.10 Å². The van der Waals surface area contributed by atoms with Crippen molar-refractivity contribution in [1.82, 2.24) is 0 Å². The van der Waals surface area contributed by atoms with Crippen molar-refractivity contribution >= 4 is 0 Å². The second kappa shape index (κ2) is 4.58. The van der Waals surface area contributed by atoms with Crippen LogP contribution in [0.5, 0.6) is 0 Å². The minimum atomic E-state index is 0.191. The topological polar surface area (TPSA) is 9.23 Å². The molecular weight excluding hydrogens is 174 g/mol. The van der Waals surface area contributed by atoms with Gasteiger partial charge in [0.25, 0.3) is 0 Å². The Balaban J connectivity index is 2.73. The SMILES string of the molecule is CO[C@H](C[N+](C)(C)C)c1ccccc1. The summed E-state index contributed by atoms with van der Waals surface area (Å²) in [7, 11) is 8.30. The Kier molecular flexibility index (Phi) is 3.67. The summed E-state index contributed by atoms with van der Waals surface area (Å²) in [6.07, 6.45) is 0.191. The van der Waals surface area contributed by atoms with Crippen LogP contribution in [0.15, 0.2) is 30.3 Å². The van der Waals surface area contributed by atoms with Crippen LogP contribution in [0.2, 0.25) is 0 Å². The first-order chi connectivity index (χ1) is 6.53. The fourth-order valence-electron chi connectivity index (χ4n) is 1.48. The molecule has 0 heterocycles. The maximum absolute atomic E-state index is 5.50. The fourth-order valence-corrected chi connectivity index (χ4v) is 1.48. The zero-order valence-electron chi connectivity index (χ0n) is 9.53. The van der Waals surface area contributed by atoms with Gasteiger partial charge in [0, 0.05) is 7.11 Å². The van der Waals surface area contributed by atoms with Gasteiger partial charge in [-0.1, -0.05) is 30.3 Å². The van der Waals surface area contributed by atoms with Gasteiger partial charge < -0.3 is 9.22 Å². The molecule has 0 bridgehead atoms. The number of likely N-dealkylation sites (N-methyl/N-ethyl adjacent to an activating group) is 1. The molecule has 0 amide bonds. The van der Waals surface area contributed by atoms with Crippen molar-refractivity contribution in [1.29, 1.82) is 0 Å². The number of methoxy groups -OCH3 is 1. The van der Waals surface area contributed by atoms with Crippen LogP contribution in [-0.4, -0.2) is 39.3 Å². The van der Waals surface area contributed by atoms with Crippen molar-refractivity contribution < 1.29 is 9.22 Å². The van der Waals surface area contributed by atoms with Gasteiger partial charge in [0.1, 0.15) is 12.6 Å². The Hall–Kier alpha value is -0.860. The lowest BCUT2D eigenvalue weighted by Gasteiger charge is -2.28. The minimum absolute atomic E-state index is 0.191. The van der Waals surface area contributed by atoms with Crippen molar-refractivity contribution in [2.75, 3.05) is 34.8 Å². The van der Waals surface area contributed by atoms with Crippen LogP contribution in [0.4, 0.5) is 0 Å². The van der Waals surface area contributed by atoms with Crippen molar-refractivity contribution in [3.8, 4) is 0 Å². The van der Waals surface area contributed by atoms with E-state index in [1.54, 1.807) is 7.11 Å². The molecule has 0 aliphatic rings. The van der Waals surface area contributed by atoms with Gasteiger partial charge in [0.05, 0.1) is 21.1 Å². The lowest BCUT2D eigenvalue weighted by Crippen LogP contribution is -2.38. The van der Waals surface area contributed by atoms with Crippen LogP contribution in [0.25, 0.3) is 0 Å². The molecule has 0 fully saturated rings. The van der Waals surface area contributed by atoms with E-state index >= 15 is 0 Å². The summed E-state index contributed by atoms with van der Waals surface area (Å²) in [6, 6.07) is 10.4. The summed E-state index contributed by atoms with van der Waals surface area (Å²) in [5.41, 5.74) is 1.25. The number of ether oxygens (including phenoxy) is 1. The molecule has 78 valence electrons. The molecule has 1 aromatic rings. The van der Waals surface area contributed by atoms with Gasteiger partial charge in [0.2, 0.25) is 0 Å². The normalized spacial score (nSPS) is 14.0. The summed E-state index contributed by atoms with van der Waals surface area (Å²) in [6.45, 7) is 0.987. The Morgan fingerprint density at radius 2 is 1.71 bits per heavy atom. The predicted octanol–water partition coefficient (Wildman–Crippen LogP) is 2.08. The van der Waals surface area contributed by atoms with Crippen molar-refractivity contribution in [3.05, 3.63) is 35.9 Å². The molecule has 0 aliphatic carbocycles. The average molecular weight is 194 g/mol. The lowest BCUT2D eigenvalue weighted by atomic mass is 10.1. The van der Waals surface area contributed by atoms with Crippen LogP contribution in [-0.2, 0) is 4.74 Å². The molecule has 0 radical (unpaired) electrons. The van der Waals surface area contributed by atoms with Gasteiger partial charge in [-0.25, -0.2) is 0 Å². The number of quaternary nitrogens is 1. The Morgan fingerprint density at radius 1 is 1.14 bits per heavy atom. The third kappa shape index (κ3) is 3.48. The Morgan fingerprint density at radius 3 is 2.14 bits per heavy atom. The van der Waals surface area contributed by atoms with E-state index in [2.05, 4.69) is 45.4 Å². The second-order valence-corrected chi connectivity index (χ2v) is 4.61. The van der Waals surface area contributed by atoms with E-state index in [0.717, 1.165) is 11.0 Å². The van der Waals surface area contributed by atoms with Crippen molar-refractivity contribution in [2.24, 2.45) is 0 Å². The highest BCUT2D eigenvalue weighted by Gasteiger charge is 2.18. The molecule has 2 nitrogen and oxygen atoms in total. The number of benzene rings is 1. The van der Waals surface area contributed by atoms with E-state index in [0.29, 0.717) is 0 Å². The number of hydrogen-bond donors (Lipinski definition) is 0. The predicted molar refractivity (Wildman–Crippen MR) is 59.1 cm³/mol. The highest BCUT2D eigenvalue weighted by atomic mass is 16.5. The fraction of sp³-hybridized carbons (Fsp3) is 0.500. The number of hydrogen-bond acceptors (Lipinski definition) is 1. The summed E-state index contributed by atoms with van der Waals surface area (Å²) < 4.78 is 6.41. The first-order valence-electron chi connectivity index (χ1n) is 4.91. The highest BCUT2D eigenvalue weighted by Crippen LogP contribution is 2.18. The van der Waals surface area contributed by atoms with E-state index in [1.165, 1.54) is 5.56 Å². The largest absolute Gasteiger partial charge is 0.371 e. The van der Waals surface area contributed by atoms with Gasteiger partial charge in [-0.3, -0.25) is 0 Å². The third-order valence-corrected chi connectivity index (χ3v) is 2.17. The first kappa shape index (κ1) is 11.2. The molecule has 0 saturated heterocycles. The average Bonchev–Trinajstić information content (AvgIpc) is 2.14. The van der Waals surface area contributed by atoms with Crippen LogP contribution in [0.1, 0.15) is 11.7 Å². The zero-order valence-corrected chi connectivity index (χ0v) is 9.53. The maximum Gasteiger partial charge on any atom is 0.131 e. The van der Waals surface area contributed by atoms with Gasteiger partial charge in [-0.05, 0) is 5.56 Å². The Labute approximate surface area is 86.7 Å². The number of rotatable bonds is 4. The van der Waals surface area contributed by atoms with Crippen LogP contribution >= 0.6 is 0 Å². The van der Waals surface area contributed by atoms with Gasteiger partial charge in [-0.2, -0.15) is 0 Å². The van der Waals surface area contributed by atoms with E-state index in [-0.39, 0.29) is 6.10 Å². The monoisotopic (exact) mass is 194 g/mol. The number of nitrogens with zero attached hydrogens (tertiary/aromatic N) is 1. The summed E-state index contributed by atoms with van der Waals surface area (Å²) in [5, 5.41) is 0. The maximum atomic E-state index is 5.50. The van der Waals surface area contributed by atoms with Gasteiger partial charge >= 0.3 is 0 Å². The van der Waals surface area contributed by atoms with E-state index in [4.69, 9.17) is 4.74 Å². The molecule has 0 aromatic heterocycles. The third-order valence-electron chi connectivity index (χ3n) is 2.17. The molecule has 0 aliphatic heterocycles. The van der Waals surface area contributed by atoms with Crippen LogP contribution in [0, 0.1) is 0 Å². The molecular formula is C12H20NO+. The molecule has 0 unspecified atom stereocenters. The molecule has 1 rings (SSSR count). The molecule has 0 N–H and O–H groups in total. The Bertz CT molecular complexity index is 263. The quantitative estimate of drug-likeness (QED) is 0.667. The molecule has 1 aromatic carbocycles. The summed E-state index contributed by atoms with van der Waals surface area (Å²) in [5.74, 6) is 0. The standard InChI is InChI=1S/C12H20NO/c1-13(2,3)10-12(14-4)11-8-6-5-7-9-11/h5-9,12H,10H2,1-4H3/q+1/t12-/m1/s1. The molecule has 14 heavy (non-hydrogen) atoms. The van der Waals surface area contributed by atoms with Gasteiger partial charge in [-0.15, -0.1) is 0 Å². The molecule has 0 spiro atoms. The van der Waals surface area contributed by atoms with Crippen molar-refractivity contribution in [3.63, 3.8) is 0 Å². The van der Waals surface area contributed by atoms with Crippen LogP contribution < -0.4 is 0 Å². The second-order valence-electron chi connectivity index (χ2n) is 4.61. The zero-order chi connectivity index (χ0) is 10.6. The summed E-state index contributed by atoms with van der Waals surface area (Å²) in [4.78, 5) is 0. The van der Waals surface area contributed by atoms with Crippen LogP contribution in [0.3, 0.4) is 0 Å². The lowest BCUT2D eigenvalue weighted by molar-refractivity contribution is -0.874.